The average molecular weight is 287 g/mol. The summed E-state index contributed by atoms with van der Waals surface area (Å²) in [5, 5.41) is 10.8. The Morgan fingerprint density at radius 3 is 3.00 bits per heavy atom. The van der Waals surface area contributed by atoms with Crippen LogP contribution in [0.25, 0.3) is 11.4 Å². The van der Waals surface area contributed by atoms with Crippen LogP contribution in [0.15, 0.2) is 18.2 Å². The number of nitrogens with one attached hydrogen (secondary N) is 2. The number of ether oxygens (including phenoxy) is 1. The molecule has 0 saturated carbocycles. The summed E-state index contributed by atoms with van der Waals surface area (Å²) in [6.07, 6.45) is 0. The van der Waals surface area contributed by atoms with Gasteiger partial charge in [-0.15, -0.1) is 5.10 Å². The van der Waals surface area contributed by atoms with E-state index in [0.717, 1.165) is 42.7 Å². The van der Waals surface area contributed by atoms with Crippen molar-refractivity contribution in [1.82, 2.24) is 20.5 Å². The summed E-state index contributed by atoms with van der Waals surface area (Å²) in [5.74, 6) is 2.30. The van der Waals surface area contributed by atoms with Crippen molar-refractivity contribution in [3.63, 3.8) is 0 Å². The van der Waals surface area contributed by atoms with Gasteiger partial charge < -0.3 is 15.0 Å². The summed E-state index contributed by atoms with van der Waals surface area (Å²) in [7, 11) is 1.67. The molecule has 1 aliphatic rings. The average Bonchev–Trinajstić information content (AvgIpc) is 2.97. The molecule has 0 amide bonds. The van der Waals surface area contributed by atoms with E-state index in [-0.39, 0.29) is 0 Å². The first-order valence-electron chi connectivity index (χ1n) is 7.23. The Hall–Kier alpha value is -2.08. The molecule has 0 bridgehead atoms. The monoisotopic (exact) mass is 287 g/mol. The van der Waals surface area contributed by atoms with E-state index in [1.165, 1.54) is 5.56 Å². The Morgan fingerprint density at radius 1 is 1.38 bits per heavy atom. The van der Waals surface area contributed by atoms with Crippen molar-refractivity contribution < 1.29 is 4.74 Å². The number of H-pyrrole nitrogens is 1. The molecule has 0 radical (unpaired) electrons. The molecule has 1 fully saturated rings. The van der Waals surface area contributed by atoms with Crippen molar-refractivity contribution in [2.24, 2.45) is 0 Å². The Balaban J connectivity index is 1.89. The minimum atomic E-state index is 0.453. The molecule has 1 aromatic heterocycles. The molecule has 0 unspecified atom stereocenters. The van der Waals surface area contributed by atoms with Crippen LogP contribution in [0.4, 0.5) is 5.95 Å². The summed E-state index contributed by atoms with van der Waals surface area (Å²) >= 11 is 0. The molecule has 1 aromatic carbocycles. The van der Waals surface area contributed by atoms with Gasteiger partial charge in [0.2, 0.25) is 5.95 Å². The molecule has 1 aliphatic heterocycles. The lowest BCUT2D eigenvalue weighted by molar-refractivity contribution is 0.416. The highest BCUT2D eigenvalue weighted by Gasteiger charge is 2.20. The van der Waals surface area contributed by atoms with Gasteiger partial charge in [-0.25, -0.2) is 0 Å². The van der Waals surface area contributed by atoms with E-state index in [0.29, 0.717) is 6.04 Å². The maximum atomic E-state index is 5.42. The molecule has 21 heavy (non-hydrogen) atoms. The second-order valence-electron chi connectivity index (χ2n) is 5.49. The third-order valence-electron chi connectivity index (χ3n) is 3.74. The lowest BCUT2D eigenvalue weighted by Crippen LogP contribution is -2.49. The fourth-order valence-corrected chi connectivity index (χ4v) is 2.64. The summed E-state index contributed by atoms with van der Waals surface area (Å²) in [4.78, 5) is 6.84. The minimum Gasteiger partial charge on any atom is -0.496 e. The van der Waals surface area contributed by atoms with E-state index in [2.05, 4.69) is 45.3 Å². The van der Waals surface area contributed by atoms with Gasteiger partial charge in [0, 0.05) is 25.7 Å². The van der Waals surface area contributed by atoms with Gasteiger partial charge >= 0.3 is 0 Å². The highest BCUT2D eigenvalue weighted by atomic mass is 16.5. The lowest BCUT2D eigenvalue weighted by atomic mass is 10.1. The molecule has 0 aliphatic carbocycles. The Morgan fingerprint density at radius 2 is 2.24 bits per heavy atom. The molecule has 1 saturated heterocycles. The van der Waals surface area contributed by atoms with Crippen molar-refractivity contribution in [3.05, 3.63) is 23.8 Å². The summed E-state index contributed by atoms with van der Waals surface area (Å²) in [6.45, 7) is 7.02. The molecule has 0 spiro atoms. The predicted molar refractivity (Wildman–Crippen MR) is 82.8 cm³/mol. The fraction of sp³-hybridized carbons (Fsp3) is 0.467. The Kier molecular flexibility index (Phi) is 3.79. The van der Waals surface area contributed by atoms with Crippen LogP contribution in [0.2, 0.25) is 0 Å². The summed E-state index contributed by atoms with van der Waals surface area (Å²) < 4.78 is 5.42. The molecule has 1 atom stereocenters. The van der Waals surface area contributed by atoms with Crippen molar-refractivity contribution in [1.29, 1.82) is 0 Å². The van der Waals surface area contributed by atoms with Gasteiger partial charge in [0.25, 0.3) is 0 Å². The van der Waals surface area contributed by atoms with E-state index in [1.807, 2.05) is 12.1 Å². The number of piperazine rings is 1. The first kappa shape index (κ1) is 13.9. The van der Waals surface area contributed by atoms with Crippen LogP contribution in [0.5, 0.6) is 5.75 Å². The van der Waals surface area contributed by atoms with Crippen LogP contribution in [-0.2, 0) is 0 Å². The quantitative estimate of drug-likeness (QED) is 0.897. The number of methoxy groups -OCH3 is 1. The van der Waals surface area contributed by atoms with Crippen molar-refractivity contribution >= 4 is 5.95 Å². The maximum Gasteiger partial charge on any atom is 0.245 e. The van der Waals surface area contributed by atoms with Crippen molar-refractivity contribution in [2.45, 2.75) is 19.9 Å². The predicted octanol–water partition coefficient (Wildman–Crippen LogP) is 1.59. The molecule has 6 heteroatoms. The Bertz CT molecular complexity index is 624. The van der Waals surface area contributed by atoms with Crippen LogP contribution in [-0.4, -0.2) is 48.0 Å². The second kappa shape index (κ2) is 5.73. The third kappa shape index (κ3) is 2.85. The number of anilines is 1. The highest BCUT2D eigenvalue weighted by Crippen LogP contribution is 2.29. The molecule has 112 valence electrons. The smallest absolute Gasteiger partial charge is 0.245 e. The van der Waals surface area contributed by atoms with Crippen molar-refractivity contribution in [3.8, 4) is 17.1 Å². The van der Waals surface area contributed by atoms with Gasteiger partial charge in [0.05, 0.1) is 12.7 Å². The van der Waals surface area contributed by atoms with Crippen molar-refractivity contribution in [2.75, 3.05) is 31.6 Å². The number of benzene rings is 1. The SMILES string of the molecule is COc1ccc(C)cc1-c1nc(N2CCN[C@@H](C)C2)n[nH]1. The number of hydrogen-bond donors (Lipinski definition) is 2. The first-order valence-corrected chi connectivity index (χ1v) is 7.23. The largest absolute Gasteiger partial charge is 0.496 e. The van der Waals surface area contributed by atoms with Gasteiger partial charge in [0.1, 0.15) is 5.75 Å². The number of aromatic amines is 1. The summed E-state index contributed by atoms with van der Waals surface area (Å²) in [6, 6.07) is 6.50. The third-order valence-corrected chi connectivity index (χ3v) is 3.74. The molecule has 2 aromatic rings. The van der Waals surface area contributed by atoms with Crippen LogP contribution in [0.3, 0.4) is 0 Å². The maximum absolute atomic E-state index is 5.42. The molecule has 2 N–H and O–H groups in total. The topological polar surface area (TPSA) is 66.1 Å². The van der Waals surface area contributed by atoms with Crippen LogP contribution in [0, 0.1) is 6.92 Å². The molecule has 6 nitrogen and oxygen atoms in total. The summed E-state index contributed by atoms with van der Waals surface area (Å²) in [5.41, 5.74) is 2.11. The fourth-order valence-electron chi connectivity index (χ4n) is 2.64. The van der Waals surface area contributed by atoms with E-state index in [4.69, 9.17) is 4.74 Å². The zero-order valence-corrected chi connectivity index (χ0v) is 12.7. The zero-order valence-electron chi connectivity index (χ0n) is 12.7. The van der Waals surface area contributed by atoms with Gasteiger partial charge in [-0.1, -0.05) is 11.6 Å². The molecule has 3 rings (SSSR count). The number of hydrogen-bond acceptors (Lipinski definition) is 5. The Labute approximate surface area is 124 Å². The van der Waals surface area contributed by atoms with Crippen LogP contribution < -0.4 is 15.0 Å². The van der Waals surface area contributed by atoms with Gasteiger partial charge in [-0.05, 0) is 26.0 Å². The van der Waals surface area contributed by atoms with E-state index in [9.17, 15) is 0 Å². The molecular formula is C15H21N5O. The van der Waals surface area contributed by atoms with Gasteiger partial charge in [0.15, 0.2) is 5.82 Å². The van der Waals surface area contributed by atoms with Crippen LogP contribution in [0.1, 0.15) is 12.5 Å². The van der Waals surface area contributed by atoms with Gasteiger partial charge in [-0.2, -0.15) is 4.98 Å². The first-order chi connectivity index (χ1) is 10.2. The number of nitrogens with zero attached hydrogens (tertiary/aromatic N) is 3. The number of aromatic nitrogens is 3. The molecule has 2 heterocycles. The van der Waals surface area contributed by atoms with E-state index >= 15 is 0 Å². The minimum absolute atomic E-state index is 0.453. The number of aryl methyl sites for hydroxylation is 1. The lowest BCUT2D eigenvalue weighted by Gasteiger charge is -2.30. The van der Waals surface area contributed by atoms with E-state index < -0.39 is 0 Å². The normalized spacial score (nSPS) is 18.8. The van der Waals surface area contributed by atoms with E-state index in [1.54, 1.807) is 7.11 Å². The second-order valence-corrected chi connectivity index (χ2v) is 5.49. The number of rotatable bonds is 3. The standard InChI is InChI=1S/C15H21N5O/c1-10-4-5-13(21-3)12(8-10)14-17-15(19-18-14)20-7-6-16-11(2)9-20/h4-5,8,11,16H,6-7,9H2,1-3H3,(H,17,18,19)/t11-/m0/s1. The van der Waals surface area contributed by atoms with Gasteiger partial charge in [-0.3, -0.25) is 5.10 Å². The highest BCUT2D eigenvalue weighted by molar-refractivity contribution is 5.66. The zero-order chi connectivity index (χ0) is 14.8. The molecular weight excluding hydrogens is 266 g/mol. The van der Waals surface area contributed by atoms with Crippen LogP contribution >= 0.6 is 0 Å².